The second kappa shape index (κ2) is 10.5. The number of benzene rings is 1. The average Bonchev–Trinajstić information content (AvgIpc) is 3.19. The van der Waals surface area contributed by atoms with Crippen molar-refractivity contribution in [1.29, 1.82) is 0 Å². The molecule has 0 saturated heterocycles. The predicted molar refractivity (Wildman–Crippen MR) is 121 cm³/mol. The van der Waals surface area contributed by atoms with E-state index in [1.165, 1.54) is 31.2 Å². The van der Waals surface area contributed by atoms with Crippen LogP contribution in [0.15, 0.2) is 53.7 Å². The van der Waals surface area contributed by atoms with Gasteiger partial charge in [0, 0.05) is 37.8 Å². The van der Waals surface area contributed by atoms with E-state index in [1.54, 1.807) is 13.3 Å². The summed E-state index contributed by atoms with van der Waals surface area (Å²) in [4.78, 5) is 8.52. The lowest BCUT2D eigenvalue weighted by Gasteiger charge is -2.30. The van der Waals surface area contributed by atoms with Crippen molar-refractivity contribution in [3.05, 3.63) is 59.8 Å². The molecule has 1 aromatic carbocycles. The number of ether oxygens (including phenoxy) is 1. The smallest absolute Gasteiger partial charge is 0.213 e. The normalized spacial score (nSPS) is 15.7. The van der Waals surface area contributed by atoms with Crippen LogP contribution in [0.4, 0.5) is 0 Å². The van der Waals surface area contributed by atoms with E-state index < -0.39 is 0 Å². The second-order valence-corrected chi connectivity index (χ2v) is 6.84. The molecule has 2 aromatic rings. The van der Waals surface area contributed by atoms with Crippen molar-refractivity contribution >= 4 is 29.9 Å². The van der Waals surface area contributed by atoms with Crippen LogP contribution in [0.3, 0.4) is 0 Å². The molecule has 0 unspecified atom stereocenters. The Balaban J connectivity index is 0.00000261. The van der Waals surface area contributed by atoms with Gasteiger partial charge in [-0.15, -0.1) is 24.0 Å². The van der Waals surface area contributed by atoms with Crippen LogP contribution < -0.4 is 15.4 Å². The van der Waals surface area contributed by atoms with Gasteiger partial charge in [-0.2, -0.15) is 0 Å². The summed E-state index contributed by atoms with van der Waals surface area (Å²) >= 11 is 0. The molecule has 146 valence electrons. The van der Waals surface area contributed by atoms with Crippen molar-refractivity contribution in [1.82, 2.24) is 15.6 Å². The third-order valence-electron chi connectivity index (χ3n) is 5.23. The Hall–Kier alpha value is -1.83. The molecule has 1 aliphatic rings. The molecule has 0 spiro atoms. The highest BCUT2D eigenvalue weighted by Gasteiger charge is 2.35. The van der Waals surface area contributed by atoms with E-state index in [2.05, 4.69) is 50.9 Å². The number of aromatic nitrogens is 1. The Kier molecular flexibility index (Phi) is 8.34. The van der Waals surface area contributed by atoms with E-state index in [9.17, 15) is 0 Å². The minimum Gasteiger partial charge on any atom is -0.481 e. The van der Waals surface area contributed by atoms with E-state index in [1.807, 2.05) is 19.2 Å². The van der Waals surface area contributed by atoms with E-state index >= 15 is 0 Å². The molecule has 1 saturated carbocycles. The van der Waals surface area contributed by atoms with E-state index in [0.29, 0.717) is 12.4 Å². The number of hydrogen-bond donors (Lipinski definition) is 2. The molecule has 0 amide bonds. The number of aliphatic imine (C=N–C) groups is 1. The van der Waals surface area contributed by atoms with Crippen LogP contribution in [0.1, 0.15) is 36.8 Å². The van der Waals surface area contributed by atoms with Gasteiger partial charge in [0.2, 0.25) is 5.88 Å². The molecule has 27 heavy (non-hydrogen) atoms. The molecule has 3 rings (SSSR count). The molecule has 1 aromatic heterocycles. The summed E-state index contributed by atoms with van der Waals surface area (Å²) < 4.78 is 5.18. The fourth-order valence-electron chi connectivity index (χ4n) is 3.74. The first-order valence-corrected chi connectivity index (χ1v) is 9.25. The largest absolute Gasteiger partial charge is 0.481 e. The molecular formula is C21H29IN4O. The number of methoxy groups -OCH3 is 1. The van der Waals surface area contributed by atoms with Gasteiger partial charge in [0.1, 0.15) is 0 Å². The first-order valence-electron chi connectivity index (χ1n) is 9.25. The van der Waals surface area contributed by atoms with Gasteiger partial charge in [0.25, 0.3) is 0 Å². The van der Waals surface area contributed by atoms with Crippen molar-refractivity contribution in [3.63, 3.8) is 0 Å². The van der Waals surface area contributed by atoms with Gasteiger partial charge in [0.15, 0.2) is 5.96 Å². The maximum atomic E-state index is 5.18. The number of hydrogen-bond acceptors (Lipinski definition) is 3. The summed E-state index contributed by atoms with van der Waals surface area (Å²) in [5, 5.41) is 6.93. The van der Waals surface area contributed by atoms with Crippen molar-refractivity contribution in [3.8, 4) is 5.88 Å². The fraction of sp³-hybridized carbons (Fsp3) is 0.429. The Labute approximate surface area is 179 Å². The highest BCUT2D eigenvalue weighted by molar-refractivity contribution is 14.0. The molecular weight excluding hydrogens is 451 g/mol. The monoisotopic (exact) mass is 480 g/mol. The molecule has 0 bridgehead atoms. The van der Waals surface area contributed by atoms with Gasteiger partial charge in [-0.05, 0) is 30.0 Å². The SMILES string of the molecule is CN=C(NCc1ccnc(OC)c1)NCC1(c2ccccc2)CCCC1.I. The van der Waals surface area contributed by atoms with Crippen LogP contribution in [0.2, 0.25) is 0 Å². The third kappa shape index (κ3) is 5.57. The quantitative estimate of drug-likeness (QED) is 0.374. The topological polar surface area (TPSA) is 58.5 Å². The fourth-order valence-corrected chi connectivity index (χ4v) is 3.74. The lowest BCUT2D eigenvalue weighted by Crippen LogP contribution is -2.44. The van der Waals surface area contributed by atoms with E-state index in [4.69, 9.17) is 4.74 Å². The van der Waals surface area contributed by atoms with Crippen LogP contribution in [0.5, 0.6) is 5.88 Å². The van der Waals surface area contributed by atoms with Crippen molar-refractivity contribution in [2.45, 2.75) is 37.6 Å². The summed E-state index contributed by atoms with van der Waals surface area (Å²) in [6.07, 6.45) is 6.79. The van der Waals surface area contributed by atoms with Crippen LogP contribution in [-0.4, -0.2) is 31.6 Å². The van der Waals surface area contributed by atoms with E-state index in [0.717, 1.165) is 18.1 Å². The lowest BCUT2D eigenvalue weighted by atomic mass is 9.79. The highest BCUT2D eigenvalue weighted by atomic mass is 127. The average molecular weight is 480 g/mol. The Morgan fingerprint density at radius 1 is 1.15 bits per heavy atom. The van der Waals surface area contributed by atoms with E-state index in [-0.39, 0.29) is 29.4 Å². The maximum Gasteiger partial charge on any atom is 0.213 e. The number of nitrogens with one attached hydrogen (secondary N) is 2. The summed E-state index contributed by atoms with van der Waals surface area (Å²) in [6.45, 7) is 1.58. The number of halogens is 1. The molecule has 0 atom stereocenters. The Morgan fingerprint density at radius 2 is 1.89 bits per heavy atom. The first-order chi connectivity index (χ1) is 12.8. The zero-order valence-electron chi connectivity index (χ0n) is 16.1. The molecule has 6 heteroatoms. The number of pyridine rings is 1. The lowest BCUT2D eigenvalue weighted by molar-refractivity contribution is 0.397. The second-order valence-electron chi connectivity index (χ2n) is 6.84. The van der Waals surface area contributed by atoms with Gasteiger partial charge in [-0.25, -0.2) is 4.98 Å². The Bertz CT molecular complexity index is 730. The zero-order chi connectivity index (χ0) is 18.2. The van der Waals surface area contributed by atoms with Gasteiger partial charge in [-0.3, -0.25) is 4.99 Å². The number of nitrogens with zero attached hydrogens (tertiary/aromatic N) is 2. The molecule has 0 aliphatic heterocycles. The van der Waals surface area contributed by atoms with Crippen LogP contribution in [0.25, 0.3) is 0 Å². The minimum atomic E-state index is 0. The number of rotatable bonds is 6. The molecule has 1 aliphatic carbocycles. The Morgan fingerprint density at radius 3 is 2.56 bits per heavy atom. The molecule has 1 heterocycles. The molecule has 0 radical (unpaired) electrons. The third-order valence-corrected chi connectivity index (χ3v) is 5.23. The van der Waals surface area contributed by atoms with Crippen LogP contribution >= 0.6 is 24.0 Å². The summed E-state index contributed by atoms with van der Waals surface area (Å²) in [7, 11) is 3.44. The van der Waals surface area contributed by atoms with Crippen LogP contribution in [-0.2, 0) is 12.0 Å². The molecule has 5 nitrogen and oxygen atoms in total. The standard InChI is InChI=1S/C21H28N4O.HI/c1-22-20(24-15-17-10-13-23-19(14-17)26-2)25-16-21(11-6-7-12-21)18-8-4-3-5-9-18;/h3-5,8-10,13-14H,6-7,11-12,15-16H2,1-2H3,(H2,22,24,25);1H. The molecule has 1 fully saturated rings. The first kappa shape index (κ1) is 21.5. The highest BCUT2D eigenvalue weighted by Crippen LogP contribution is 2.40. The van der Waals surface area contributed by atoms with Gasteiger partial charge in [-0.1, -0.05) is 43.2 Å². The number of guanidine groups is 1. The maximum absolute atomic E-state index is 5.18. The molecule has 2 N–H and O–H groups in total. The van der Waals surface area contributed by atoms with Crippen molar-refractivity contribution < 1.29 is 4.74 Å². The zero-order valence-corrected chi connectivity index (χ0v) is 18.4. The van der Waals surface area contributed by atoms with Gasteiger partial charge >= 0.3 is 0 Å². The summed E-state index contributed by atoms with van der Waals surface area (Å²) in [5.74, 6) is 1.45. The summed E-state index contributed by atoms with van der Waals surface area (Å²) in [6, 6.07) is 14.8. The summed E-state index contributed by atoms with van der Waals surface area (Å²) in [5.41, 5.74) is 2.75. The van der Waals surface area contributed by atoms with Gasteiger partial charge in [0.05, 0.1) is 7.11 Å². The minimum absolute atomic E-state index is 0. The van der Waals surface area contributed by atoms with Gasteiger partial charge < -0.3 is 15.4 Å². The predicted octanol–water partition coefficient (Wildman–Crippen LogP) is 3.89. The van der Waals surface area contributed by atoms with Crippen molar-refractivity contribution in [2.75, 3.05) is 20.7 Å². The van der Waals surface area contributed by atoms with Crippen molar-refractivity contribution in [2.24, 2.45) is 4.99 Å². The van der Waals surface area contributed by atoms with Crippen LogP contribution in [0, 0.1) is 0 Å².